The molecule has 0 aromatic carbocycles. The van der Waals surface area contributed by atoms with Gasteiger partial charge in [0.25, 0.3) is 0 Å². The maximum Gasteiger partial charge on any atom is 0.213 e. The van der Waals surface area contributed by atoms with E-state index in [1.165, 1.54) is 17.8 Å². The van der Waals surface area contributed by atoms with E-state index in [1.54, 1.807) is 0 Å². The van der Waals surface area contributed by atoms with Crippen LogP contribution in [-0.4, -0.2) is 43.2 Å². The number of ether oxygens (including phenoxy) is 1. The first-order valence-corrected chi connectivity index (χ1v) is 11.6. The summed E-state index contributed by atoms with van der Waals surface area (Å²) in [5, 5.41) is 10.5. The van der Waals surface area contributed by atoms with E-state index in [2.05, 4.69) is 51.0 Å². The molecule has 2 aliphatic rings. The van der Waals surface area contributed by atoms with E-state index < -0.39 is 0 Å². The van der Waals surface area contributed by atoms with Gasteiger partial charge in [0, 0.05) is 37.9 Å². The first-order valence-electron chi connectivity index (χ1n) is 10.7. The Balaban J connectivity index is 1.26. The number of aliphatic imine (C=N–C) groups is 1. The van der Waals surface area contributed by atoms with E-state index in [0.29, 0.717) is 18.5 Å². The fraction of sp³-hybridized carbons (Fsp3) is 0.545. The summed E-state index contributed by atoms with van der Waals surface area (Å²) in [4.78, 5) is 11.7. The number of rotatable bonds is 8. The lowest BCUT2D eigenvalue weighted by Crippen LogP contribution is -2.48. The molecular weight excluding hydrogens is 382 g/mol. The first kappa shape index (κ1) is 20.0. The van der Waals surface area contributed by atoms with E-state index in [9.17, 15) is 0 Å². The van der Waals surface area contributed by atoms with Crippen LogP contribution in [-0.2, 0) is 6.54 Å². The van der Waals surface area contributed by atoms with Gasteiger partial charge < -0.3 is 20.3 Å². The largest absolute Gasteiger partial charge is 0.477 e. The fourth-order valence-corrected chi connectivity index (χ4v) is 4.24. The maximum atomic E-state index is 5.71. The van der Waals surface area contributed by atoms with Gasteiger partial charge in [0.2, 0.25) is 5.88 Å². The van der Waals surface area contributed by atoms with Crippen molar-refractivity contribution < 1.29 is 4.74 Å². The molecule has 4 rings (SSSR count). The van der Waals surface area contributed by atoms with Crippen LogP contribution in [0.1, 0.15) is 38.2 Å². The van der Waals surface area contributed by atoms with Crippen LogP contribution in [0.4, 0.5) is 5.00 Å². The monoisotopic (exact) mass is 413 g/mol. The van der Waals surface area contributed by atoms with E-state index in [1.807, 2.05) is 23.6 Å². The van der Waals surface area contributed by atoms with Crippen LogP contribution in [0.3, 0.4) is 0 Å². The highest BCUT2D eigenvalue weighted by molar-refractivity contribution is 7.14. The van der Waals surface area contributed by atoms with E-state index >= 15 is 0 Å². The molecule has 1 aliphatic heterocycles. The van der Waals surface area contributed by atoms with Crippen molar-refractivity contribution in [3.8, 4) is 5.88 Å². The lowest BCUT2D eigenvalue weighted by atomic mass is 10.1. The number of aromatic nitrogens is 1. The van der Waals surface area contributed by atoms with Crippen LogP contribution < -0.4 is 20.3 Å². The number of piperidine rings is 1. The zero-order valence-corrected chi connectivity index (χ0v) is 18.0. The lowest BCUT2D eigenvalue weighted by Gasteiger charge is -2.33. The highest BCUT2D eigenvalue weighted by Crippen LogP contribution is 2.29. The molecule has 0 amide bonds. The minimum Gasteiger partial charge on any atom is -0.477 e. The highest BCUT2D eigenvalue weighted by Gasteiger charge is 2.22. The number of anilines is 1. The van der Waals surface area contributed by atoms with Crippen molar-refractivity contribution in [1.82, 2.24) is 15.6 Å². The summed E-state index contributed by atoms with van der Waals surface area (Å²) in [6.45, 7) is 6.54. The number of hydrogen-bond donors (Lipinski definition) is 2. The van der Waals surface area contributed by atoms with Crippen LogP contribution in [0.5, 0.6) is 5.88 Å². The van der Waals surface area contributed by atoms with E-state index in [0.717, 1.165) is 56.5 Å². The van der Waals surface area contributed by atoms with Crippen molar-refractivity contribution in [2.45, 2.75) is 45.2 Å². The molecule has 7 heteroatoms. The Hall–Kier alpha value is -2.28. The van der Waals surface area contributed by atoms with Crippen molar-refractivity contribution in [3.63, 3.8) is 0 Å². The van der Waals surface area contributed by atoms with E-state index in [4.69, 9.17) is 9.73 Å². The van der Waals surface area contributed by atoms with Gasteiger partial charge in [0.15, 0.2) is 5.96 Å². The molecule has 2 aromatic heterocycles. The third kappa shape index (κ3) is 6.10. The zero-order chi connectivity index (χ0) is 19.9. The number of pyridine rings is 1. The summed E-state index contributed by atoms with van der Waals surface area (Å²) in [7, 11) is 0. The molecule has 2 N–H and O–H groups in total. The topological polar surface area (TPSA) is 61.8 Å². The number of thiophene rings is 1. The SMILES string of the molecule is CCNC(=NCc1ccc(OCC2CC2)nc1)NC1CCN(c2cccs2)CC1. The third-order valence-corrected chi connectivity index (χ3v) is 6.31. The van der Waals surface area contributed by atoms with Crippen molar-refractivity contribution in [2.75, 3.05) is 31.1 Å². The normalized spacial score (nSPS) is 18.0. The molecule has 2 aromatic rings. The standard InChI is InChI=1S/C22H31N5OS/c1-2-23-22(26-19-9-11-27(12-10-19)21-4-3-13-29-21)25-15-18-7-8-20(24-14-18)28-16-17-5-6-17/h3-4,7-8,13-14,17,19H,2,5-6,9-12,15-16H2,1H3,(H2,23,25,26). The van der Waals surface area contributed by atoms with Crippen LogP contribution in [0.2, 0.25) is 0 Å². The third-order valence-electron chi connectivity index (χ3n) is 5.38. The maximum absolute atomic E-state index is 5.71. The Morgan fingerprint density at radius 2 is 2.10 bits per heavy atom. The quantitative estimate of drug-likeness (QED) is 0.511. The minimum absolute atomic E-state index is 0.459. The zero-order valence-electron chi connectivity index (χ0n) is 17.1. The average molecular weight is 414 g/mol. The van der Waals surface area contributed by atoms with Gasteiger partial charge in [-0.25, -0.2) is 9.98 Å². The number of nitrogens with zero attached hydrogens (tertiary/aromatic N) is 3. The van der Waals surface area contributed by atoms with Gasteiger partial charge >= 0.3 is 0 Å². The molecule has 0 spiro atoms. The molecule has 156 valence electrons. The number of guanidine groups is 1. The van der Waals surface area contributed by atoms with Gasteiger partial charge in [-0.05, 0) is 61.6 Å². The molecule has 1 saturated carbocycles. The van der Waals surface area contributed by atoms with Gasteiger partial charge in [-0.15, -0.1) is 11.3 Å². The van der Waals surface area contributed by atoms with Gasteiger partial charge in [0.1, 0.15) is 0 Å². The number of nitrogens with one attached hydrogen (secondary N) is 2. The molecular formula is C22H31N5OS. The van der Waals surface area contributed by atoms with E-state index in [-0.39, 0.29) is 0 Å². The molecule has 0 radical (unpaired) electrons. The minimum atomic E-state index is 0.459. The molecule has 2 fully saturated rings. The molecule has 3 heterocycles. The van der Waals surface area contributed by atoms with Crippen LogP contribution in [0.25, 0.3) is 0 Å². The van der Waals surface area contributed by atoms with Crippen molar-refractivity contribution in [1.29, 1.82) is 0 Å². The van der Waals surface area contributed by atoms with Crippen LogP contribution >= 0.6 is 11.3 Å². The van der Waals surface area contributed by atoms with Gasteiger partial charge in [-0.2, -0.15) is 0 Å². The second-order valence-corrected chi connectivity index (χ2v) is 8.74. The summed E-state index contributed by atoms with van der Waals surface area (Å²) in [6, 6.07) is 8.80. The number of hydrogen-bond acceptors (Lipinski definition) is 5. The summed E-state index contributed by atoms with van der Waals surface area (Å²) in [5.74, 6) is 2.34. The lowest BCUT2D eigenvalue weighted by molar-refractivity contribution is 0.288. The Labute approximate surface area is 177 Å². The Kier molecular flexibility index (Phi) is 6.87. The Morgan fingerprint density at radius 3 is 2.76 bits per heavy atom. The van der Waals surface area contributed by atoms with Gasteiger partial charge in [-0.1, -0.05) is 6.07 Å². The van der Waals surface area contributed by atoms with Crippen molar-refractivity contribution in [3.05, 3.63) is 41.4 Å². The summed E-state index contributed by atoms with van der Waals surface area (Å²) in [6.07, 6.45) is 6.70. The molecule has 0 bridgehead atoms. The Morgan fingerprint density at radius 1 is 1.24 bits per heavy atom. The van der Waals surface area contributed by atoms with Crippen LogP contribution in [0, 0.1) is 5.92 Å². The van der Waals surface area contributed by atoms with Gasteiger partial charge in [-0.3, -0.25) is 0 Å². The van der Waals surface area contributed by atoms with Gasteiger partial charge in [0.05, 0.1) is 18.2 Å². The predicted octanol–water partition coefficient (Wildman–Crippen LogP) is 3.66. The molecule has 1 saturated heterocycles. The molecule has 29 heavy (non-hydrogen) atoms. The highest BCUT2D eigenvalue weighted by atomic mass is 32.1. The predicted molar refractivity (Wildman–Crippen MR) is 120 cm³/mol. The summed E-state index contributed by atoms with van der Waals surface area (Å²) < 4.78 is 5.71. The summed E-state index contributed by atoms with van der Waals surface area (Å²) >= 11 is 1.82. The molecule has 1 aliphatic carbocycles. The van der Waals surface area contributed by atoms with Crippen molar-refractivity contribution >= 4 is 22.3 Å². The smallest absolute Gasteiger partial charge is 0.213 e. The molecule has 0 unspecified atom stereocenters. The van der Waals surface area contributed by atoms with Crippen molar-refractivity contribution in [2.24, 2.45) is 10.9 Å². The molecule has 0 atom stereocenters. The molecule has 6 nitrogen and oxygen atoms in total. The fourth-order valence-electron chi connectivity index (χ4n) is 3.46. The van der Waals surface area contributed by atoms with Crippen LogP contribution in [0.15, 0.2) is 40.8 Å². The average Bonchev–Trinajstić information content (AvgIpc) is 3.43. The first-order chi connectivity index (χ1) is 14.3. The second kappa shape index (κ2) is 9.96. The summed E-state index contributed by atoms with van der Waals surface area (Å²) in [5.41, 5.74) is 1.09. The Bertz CT molecular complexity index is 765. The second-order valence-electron chi connectivity index (χ2n) is 7.81.